The number of halogens is 2. The van der Waals surface area contributed by atoms with Gasteiger partial charge in [-0.1, -0.05) is 18.5 Å². The molecule has 0 spiro atoms. The van der Waals surface area contributed by atoms with Crippen molar-refractivity contribution in [3.05, 3.63) is 39.7 Å². The predicted octanol–water partition coefficient (Wildman–Crippen LogP) is 4.26. The lowest BCUT2D eigenvalue weighted by molar-refractivity contribution is 0.569. The van der Waals surface area contributed by atoms with Crippen LogP contribution in [0, 0.1) is 0 Å². The summed E-state index contributed by atoms with van der Waals surface area (Å²) in [6.07, 6.45) is 2.78. The van der Waals surface area contributed by atoms with Crippen molar-refractivity contribution in [3.8, 4) is 11.5 Å². The van der Waals surface area contributed by atoms with E-state index in [-0.39, 0.29) is 0 Å². The number of nitrogens with zero attached hydrogens (tertiary/aromatic N) is 1. The second-order valence-electron chi connectivity index (χ2n) is 3.94. The highest BCUT2D eigenvalue weighted by molar-refractivity contribution is 9.10. The van der Waals surface area contributed by atoms with Crippen LogP contribution in [0.5, 0.6) is 0 Å². The van der Waals surface area contributed by atoms with Crippen LogP contribution in [0.2, 0.25) is 5.02 Å². The fourth-order valence-electron chi connectivity index (χ4n) is 1.57. The first-order chi connectivity index (χ1) is 8.70. The Labute approximate surface area is 120 Å². The van der Waals surface area contributed by atoms with E-state index in [0.717, 1.165) is 35.2 Å². The molecule has 0 amide bonds. The fraction of sp³-hybridized carbons (Fsp3) is 0.308. The van der Waals surface area contributed by atoms with Gasteiger partial charge in [-0.25, -0.2) is 4.98 Å². The molecule has 0 unspecified atom stereocenters. The van der Waals surface area contributed by atoms with Crippen molar-refractivity contribution < 1.29 is 4.42 Å². The lowest BCUT2D eigenvalue weighted by Gasteiger charge is -2.00. The molecule has 0 aliphatic heterocycles. The Bertz CT molecular complexity index is 527. The zero-order chi connectivity index (χ0) is 13.0. The first kappa shape index (κ1) is 13.6. The summed E-state index contributed by atoms with van der Waals surface area (Å²) in [7, 11) is 0. The van der Waals surface area contributed by atoms with Crippen molar-refractivity contribution in [2.24, 2.45) is 0 Å². The van der Waals surface area contributed by atoms with E-state index in [9.17, 15) is 0 Å². The number of hydrogen-bond donors (Lipinski definition) is 1. The number of benzene rings is 1. The third-order valence-corrected chi connectivity index (χ3v) is 3.34. The molecule has 2 aromatic rings. The molecule has 18 heavy (non-hydrogen) atoms. The van der Waals surface area contributed by atoms with E-state index in [2.05, 4.69) is 33.2 Å². The normalized spacial score (nSPS) is 10.8. The van der Waals surface area contributed by atoms with Gasteiger partial charge in [0.25, 0.3) is 0 Å². The maximum atomic E-state index is 5.90. The molecule has 5 heteroatoms. The largest absolute Gasteiger partial charge is 0.444 e. The van der Waals surface area contributed by atoms with E-state index >= 15 is 0 Å². The van der Waals surface area contributed by atoms with Gasteiger partial charge in [0, 0.05) is 16.0 Å². The van der Waals surface area contributed by atoms with Crippen LogP contribution in [0.1, 0.15) is 19.0 Å². The number of oxazole rings is 1. The van der Waals surface area contributed by atoms with Crippen LogP contribution in [0.4, 0.5) is 0 Å². The minimum absolute atomic E-state index is 0.604. The van der Waals surface area contributed by atoms with Gasteiger partial charge in [0.1, 0.15) is 6.26 Å². The van der Waals surface area contributed by atoms with Crippen molar-refractivity contribution in [3.63, 3.8) is 0 Å². The summed E-state index contributed by atoms with van der Waals surface area (Å²) in [6, 6.07) is 5.54. The lowest BCUT2D eigenvalue weighted by Crippen LogP contribution is -2.13. The second kappa shape index (κ2) is 6.36. The summed E-state index contributed by atoms with van der Waals surface area (Å²) in [5, 5.41) is 3.97. The number of rotatable bonds is 5. The molecule has 0 saturated heterocycles. The SMILES string of the molecule is CCCNCc1coc(-c2ccc(Cl)cc2Br)n1. The van der Waals surface area contributed by atoms with E-state index in [1.807, 2.05) is 18.2 Å². The summed E-state index contributed by atoms with van der Waals surface area (Å²) in [5.74, 6) is 0.604. The molecule has 1 aromatic carbocycles. The molecule has 2 rings (SSSR count). The molecular formula is C13H14BrClN2O. The average molecular weight is 330 g/mol. The molecule has 3 nitrogen and oxygen atoms in total. The van der Waals surface area contributed by atoms with Crippen molar-refractivity contribution in [2.75, 3.05) is 6.54 Å². The Morgan fingerprint density at radius 3 is 3.00 bits per heavy atom. The molecule has 96 valence electrons. The molecule has 0 aliphatic carbocycles. The molecule has 1 N–H and O–H groups in total. The van der Waals surface area contributed by atoms with Crippen LogP contribution in [-0.4, -0.2) is 11.5 Å². The number of nitrogens with one attached hydrogen (secondary N) is 1. The highest BCUT2D eigenvalue weighted by Crippen LogP contribution is 2.29. The average Bonchev–Trinajstić information content (AvgIpc) is 2.78. The van der Waals surface area contributed by atoms with Gasteiger partial charge in [0.05, 0.1) is 11.3 Å². The van der Waals surface area contributed by atoms with Crippen molar-refractivity contribution in [1.29, 1.82) is 0 Å². The third-order valence-electron chi connectivity index (χ3n) is 2.45. The van der Waals surface area contributed by atoms with E-state index in [1.54, 1.807) is 6.26 Å². The maximum absolute atomic E-state index is 5.90. The standard InChI is InChI=1S/C13H14BrClN2O/c1-2-5-16-7-10-8-18-13(17-10)11-4-3-9(15)6-12(11)14/h3-4,6,8,16H,2,5,7H2,1H3. The predicted molar refractivity (Wildman–Crippen MR) is 76.6 cm³/mol. The monoisotopic (exact) mass is 328 g/mol. The Kier molecular flexibility index (Phi) is 4.80. The smallest absolute Gasteiger partial charge is 0.227 e. The van der Waals surface area contributed by atoms with Crippen molar-refractivity contribution in [2.45, 2.75) is 19.9 Å². The molecular weight excluding hydrogens is 316 g/mol. The van der Waals surface area contributed by atoms with Gasteiger partial charge in [0.2, 0.25) is 5.89 Å². The van der Waals surface area contributed by atoms with E-state index in [4.69, 9.17) is 16.0 Å². The Morgan fingerprint density at radius 1 is 1.44 bits per heavy atom. The van der Waals surface area contributed by atoms with E-state index < -0.39 is 0 Å². The van der Waals surface area contributed by atoms with Gasteiger partial charge in [-0.15, -0.1) is 0 Å². The minimum atomic E-state index is 0.604. The molecule has 0 fully saturated rings. The summed E-state index contributed by atoms with van der Waals surface area (Å²) >= 11 is 9.36. The molecule has 0 atom stereocenters. The van der Waals surface area contributed by atoms with Crippen LogP contribution in [0.3, 0.4) is 0 Å². The number of aromatic nitrogens is 1. The zero-order valence-corrected chi connectivity index (χ0v) is 12.4. The Balaban J connectivity index is 2.13. The molecule has 0 aliphatic rings. The van der Waals surface area contributed by atoms with Crippen LogP contribution >= 0.6 is 27.5 Å². The second-order valence-corrected chi connectivity index (χ2v) is 5.24. The summed E-state index contributed by atoms with van der Waals surface area (Å²) in [4.78, 5) is 4.44. The molecule has 1 heterocycles. The van der Waals surface area contributed by atoms with E-state index in [0.29, 0.717) is 10.9 Å². The van der Waals surface area contributed by atoms with Gasteiger partial charge < -0.3 is 9.73 Å². The number of hydrogen-bond acceptors (Lipinski definition) is 3. The highest BCUT2D eigenvalue weighted by Gasteiger charge is 2.10. The van der Waals surface area contributed by atoms with Crippen LogP contribution in [-0.2, 0) is 6.54 Å². The maximum Gasteiger partial charge on any atom is 0.227 e. The first-order valence-electron chi connectivity index (χ1n) is 5.81. The Morgan fingerprint density at radius 2 is 2.28 bits per heavy atom. The minimum Gasteiger partial charge on any atom is -0.444 e. The molecule has 0 radical (unpaired) electrons. The molecule has 0 bridgehead atoms. The van der Waals surface area contributed by atoms with Crippen molar-refractivity contribution >= 4 is 27.5 Å². The van der Waals surface area contributed by atoms with Gasteiger partial charge in [0.15, 0.2) is 0 Å². The molecule has 0 saturated carbocycles. The quantitative estimate of drug-likeness (QED) is 0.833. The molecule has 1 aromatic heterocycles. The van der Waals surface area contributed by atoms with Gasteiger partial charge in [-0.3, -0.25) is 0 Å². The van der Waals surface area contributed by atoms with Crippen molar-refractivity contribution in [1.82, 2.24) is 10.3 Å². The van der Waals surface area contributed by atoms with Crippen LogP contribution < -0.4 is 5.32 Å². The van der Waals surface area contributed by atoms with Gasteiger partial charge >= 0.3 is 0 Å². The summed E-state index contributed by atoms with van der Waals surface area (Å²) < 4.78 is 6.36. The van der Waals surface area contributed by atoms with Gasteiger partial charge in [-0.2, -0.15) is 0 Å². The van der Waals surface area contributed by atoms with E-state index in [1.165, 1.54) is 0 Å². The Hall–Kier alpha value is -0.840. The highest BCUT2D eigenvalue weighted by atomic mass is 79.9. The first-order valence-corrected chi connectivity index (χ1v) is 6.98. The van der Waals surface area contributed by atoms with Crippen LogP contribution in [0.15, 0.2) is 33.4 Å². The third kappa shape index (κ3) is 3.34. The van der Waals surface area contributed by atoms with Crippen LogP contribution in [0.25, 0.3) is 11.5 Å². The van der Waals surface area contributed by atoms with Gasteiger partial charge in [-0.05, 0) is 47.1 Å². The topological polar surface area (TPSA) is 38.1 Å². The lowest BCUT2D eigenvalue weighted by atomic mass is 10.2. The fourth-order valence-corrected chi connectivity index (χ4v) is 2.42. The zero-order valence-electron chi connectivity index (χ0n) is 10.0. The summed E-state index contributed by atoms with van der Waals surface area (Å²) in [6.45, 7) is 3.83. The summed E-state index contributed by atoms with van der Waals surface area (Å²) in [5.41, 5.74) is 1.81.